The van der Waals surface area contributed by atoms with E-state index >= 15 is 0 Å². The molecular formula is C30H34F3N3O6. The van der Waals surface area contributed by atoms with Gasteiger partial charge in [0.1, 0.15) is 5.82 Å². The van der Waals surface area contributed by atoms with Gasteiger partial charge >= 0.3 is 11.9 Å². The van der Waals surface area contributed by atoms with Gasteiger partial charge in [0.25, 0.3) is 0 Å². The zero-order chi connectivity index (χ0) is 30.8. The smallest absolute Gasteiger partial charge is 0.328 e. The molecule has 2 aromatic carbocycles. The Balaban J connectivity index is 0.000000531. The molecule has 2 aliphatic heterocycles. The lowest BCUT2D eigenvalue weighted by molar-refractivity contribution is -0.137. The van der Waals surface area contributed by atoms with Gasteiger partial charge in [-0.25, -0.2) is 22.8 Å². The van der Waals surface area contributed by atoms with Crippen LogP contribution < -0.4 is 11.1 Å². The number of carbonyl (C=O) groups excluding carboxylic acids is 2. The number of nitrogens with one attached hydrogen (secondary N) is 1. The summed E-state index contributed by atoms with van der Waals surface area (Å²) >= 11 is 0. The zero-order valence-electron chi connectivity index (χ0n) is 22.8. The van der Waals surface area contributed by atoms with Crippen molar-refractivity contribution in [2.75, 3.05) is 6.54 Å². The maximum Gasteiger partial charge on any atom is 0.328 e. The van der Waals surface area contributed by atoms with Gasteiger partial charge < -0.3 is 26.2 Å². The summed E-state index contributed by atoms with van der Waals surface area (Å²) < 4.78 is 40.8. The first-order chi connectivity index (χ1) is 19.9. The number of halogens is 3. The second-order valence-corrected chi connectivity index (χ2v) is 10.4. The number of rotatable bonds is 10. The van der Waals surface area contributed by atoms with Crippen molar-refractivity contribution < 1.29 is 42.6 Å². The van der Waals surface area contributed by atoms with Crippen LogP contribution in [-0.2, 0) is 32.0 Å². The van der Waals surface area contributed by atoms with E-state index in [4.69, 9.17) is 15.9 Å². The normalized spacial score (nSPS) is 20.0. The van der Waals surface area contributed by atoms with Crippen LogP contribution in [0.5, 0.6) is 0 Å². The summed E-state index contributed by atoms with van der Waals surface area (Å²) in [5, 5.41) is 18.4. The average Bonchev–Trinajstić information content (AvgIpc) is 3.22. The second-order valence-electron chi connectivity index (χ2n) is 10.4. The zero-order valence-corrected chi connectivity index (χ0v) is 22.8. The van der Waals surface area contributed by atoms with Crippen LogP contribution in [0.15, 0.2) is 54.6 Å². The first kappa shape index (κ1) is 32.3. The van der Waals surface area contributed by atoms with Gasteiger partial charge in [-0.2, -0.15) is 0 Å². The fourth-order valence-corrected chi connectivity index (χ4v) is 5.52. The van der Waals surface area contributed by atoms with E-state index in [0.717, 1.165) is 24.5 Å². The van der Waals surface area contributed by atoms with Crippen molar-refractivity contribution in [3.63, 3.8) is 0 Å². The fraction of sp³-hybridized carbons (Fsp3) is 0.400. The van der Waals surface area contributed by atoms with E-state index in [9.17, 15) is 32.3 Å². The van der Waals surface area contributed by atoms with Crippen LogP contribution in [0.2, 0.25) is 0 Å². The van der Waals surface area contributed by atoms with Gasteiger partial charge in [-0.15, -0.1) is 0 Å². The SMILES string of the molecule is N[C@H](Cc1cc(F)c(F)cc1F)C1C[C@H]2CC[C@@H](C1)N2C(=O)CNC(=O)CCc1ccccc1.O=C(O)C=CC(=O)O. The number of carboxylic acid groups (broad SMARTS) is 2. The van der Waals surface area contributed by atoms with Gasteiger partial charge in [-0.1, -0.05) is 30.3 Å². The molecule has 12 heteroatoms. The average molecular weight is 590 g/mol. The van der Waals surface area contributed by atoms with Crippen LogP contribution in [0.1, 0.15) is 43.2 Å². The van der Waals surface area contributed by atoms with E-state index in [0.29, 0.717) is 43.9 Å². The molecule has 5 N–H and O–H groups in total. The summed E-state index contributed by atoms with van der Waals surface area (Å²) in [7, 11) is 0. The van der Waals surface area contributed by atoms with Gasteiger partial charge in [0.2, 0.25) is 11.8 Å². The van der Waals surface area contributed by atoms with Crippen LogP contribution in [0.25, 0.3) is 0 Å². The molecule has 1 unspecified atom stereocenters. The van der Waals surface area contributed by atoms with E-state index in [2.05, 4.69) is 5.32 Å². The molecule has 2 fully saturated rings. The Kier molecular flexibility index (Phi) is 11.7. The molecule has 9 nitrogen and oxygen atoms in total. The molecule has 2 aliphatic rings. The van der Waals surface area contributed by atoms with Gasteiger partial charge in [-0.05, 0) is 61.6 Å². The number of amides is 2. The van der Waals surface area contributed by atoms with Crippen molar-refractivity contribution in [1.29, 1.82) is 0 Å². The Labute approximate surface area is 241 Å². The third kappa shape index (κ3) is 9.44. The molecule has 0 radical (unpaired) electrons. The number of fused-ring (bicyclic) bond motifs is 2. The number of carbonyl (C=O) groups is 4. The standard InChI is InChI=1S/C26H30F3N3O2.C4H4O4/c27-21-14-23(29)22(28)12-17(21)13-24(30)18-10-19-7-8-20(11-18)32(19)26(34)15-31-25(33)9-6-16-4-2-1-3-5-16;5-3(6)1-2-4(7)8/h1-5,12,14,18-20,24H,6-11,13,15,30H2,(H,31,33);1-2H,(H,5,6)(H,7,8)/t18?,19-,20+,24-;/m1./s1. The second kappa shape index (κ2) is 15.2. The Bertz CT molecular complexity index is 1280. The summed E-state index contributed by atoms with van der Waals surface area (Å²) in [6, 6.07) is 10.8. The van der Waals surface area contributed by atoms with Crippen molar-refractivity contribution in [1.82, 2.24) is 10.2 Å². The molecule has 2 amide bonds. The van der Waals surface area contributed by atoms with Gasteiger partial charge in [0.15, 0.2) is 11.6 Å². The maximum absolute atomic E-state index is 14.0. The van der Waals surface area contributed by atoms with E-state index in [1.54, 1.807) is 0 Å². The number of aryl methyl sites for hydroxylation is 1. The summed E-state index contributed by atoms with van der Waals surface area (Å²) in [4.78, 5) is 46.0. The molecule has 2 aromatic rings. The van der Waals surface area contributed by atoms with Gasteiger partial charge in [0, 0.05) is 42.8 Å². The molecular weight excluding hydrogens is 555 g/mol. The number of aliphatic carboxylic acids is 2. The molecule has 2 saturated heterocycles. The molecule has 2 heterocycles. The monoisotopic (exact) mass is 589 g/mol. The number of hydrogen-bond acceptors (Lipinski definition) is 5. The van der Waals surface area contributed by atoms with Crippen LogP contribution >= 0.6 is 0 Å². The molecule has 4 atom stereocenters. The molecule has 4 rings (SSSR count). The Hall–Kier alpha value is -4.19. The number of nitrogens with two attached hydrogens (primary N) is 1. The minimum Gasteiger partial charge on any atom is -0.478 e. The highest BCUT2D eigenvalue weighted by atomic mass is 19.2. The number of benzene rings is 2. The fourth-order valence-electron chi connectivity index (χ4n) is 5.52. The predicted molar refractivity (Wildman–Crippen MR) is 147 cm³/mol. The highest BCUT2D eigenvalue weighted by Crippen LogP contribution is 2.40. The van der Waals surface area contributed by atoms with Gasteiger partial charge in [0.05, 0.1) is 6.54 Å². The largest absolute Gasteiger partial charge is 0.478 e. The third-order valence-corrected chi connectivity index (χ3v) is 7.50. The Morgan fingerprint density at radius 3 is 2.07 bits per heavy atom. The van der Waals surface area contributed by atoms with E-state index in [1.165, 1.54) is 0 Å². The molecule has 0 aliphatic carbocycles. The topological polar surface area (TPSA) is 150 Å². The predicted octanol–water partition coefficient (Wildman–Crippen LogP) is 3.20. The summed E-state index contributed by atoms with van der Waals surface area (Å²) in [5.41, 5.74) is 7.49. The van der Waals surface area contributed by atoms with E-state index < -0.39 is 35.4 Å². The first-order valence-corrected chi connectivity index (χ1v) is 13.6. The third-order valence-electron chi connectivity index (χ3n) is 7.50. The van der Waals surface area contributed by atoms with E-state index in [-0.39, 0.29) is 48.3 Å². The summed E-state index contributed by atoms with van der Waals surface area (Å²) in [6.07, 6.45) is 5.24. The van der Waals surface area contributed by atoms with Crippen molar-refractivity contribution in [2.24, 2.45) is 11.7 Å². The number of piperidine rings is 1. The maximum atomic E-state index is 14.0. The molecule has 42 heavy (non-hydrogen) atoms. The number of carboxylic acids is 2. The molecule has 0 aromatic heterocycles. The molecule has 0 spiro atoms. The Morgan fingerprint density at radius 1 is 0.929 bits per heavy atom. The molecule has 226 valence electrons. The highest BCUT2D eigenvalue weighted by Gasteiger charge is 2.44. The van der Waals surface area contributed by atoms with Crippen molar-refractivity contribution in [3.8, 4) is 0 Å². The number of nitrogens with zero attached hydrogens (tertiary/aromatic N) is 1. The minimum atomic E-state index is -1.26. The van der Waals surface area contributed by atoms with Crippen LogP contribution in [0, 0.1) is 23.4 Å². The van der Waals surface area contributed by atoms with Crippen LogP contribution in [0.4, 0.5) is 13.2 Å². The summed E-state index contributed by atoms with van der Waals surface area (Å²) in [6.45, 7) is -0.0303. The minimum absolute atomic E-state index is 0.0262. The lowest BCUT2D eigenvalue weighted by Crippen LogP contribution is -2.52. The molecule has 2 bridgehead atoms. The van der Waals surface area contributed by atoms with Gasteiger partial charge in [-0.3, -0.25) is 9.59 Å². The Morgan fingerprint density at radius 2 is 1.50 bits per heavy atom. The van der Waals surface area contributed by atoms with Crippen molar-refractivity contribution in [2.45, 2.75) is 63.1 Å². The van der Waals surface area contributed by atoms with Crippen molar-refractivity contribution >= 4 is 23.8 Å². The quantitative estimate of drug-likeness (QED) is 0.246. The van der Waals surface area contributed by atoms with Crippen molar-refractivity contribution in [3.05, 3.63) is 83.2 Å². The highest BCUT2D eigenvalue weighted by molar-refractivity contribution is 5.89. The van der Waals surface area contributed by atoms with E-state index in [1.807, 2.05) is 35.2 Å². The van der Waals surface area contributed by atoms with Crippen LogP contribution in [0.3, 0.4) is 0 Å². The lowest BCUT2D eigenvalue weighted by Gasteiger charge is -2.41. The number of hydrogen-bond donors (Lipinski definition) is 4. The molecule has 0 saturated carbocycles. The first-order valence-electron chi connectivity index (χ1n) is 13.6. The lowest BCUT2D eigenvalue weighted by atomic mass is 9.82. The van der Waals surface area contributed by atoms with Crippen LogP contribution in [-0.4, -0.2) is 63.5 Å². The summed E-state index contributed by atoms with van der Waals surface area (Å²) in [5.74, 6) is -5.82.